The molecule has 1 aromatic heterocycles. The van der Waals surface area contributed by atoms with Crippen LogP contribution >= 0.6 is 0 Å². The first kappa shape index (κ1) is 16.4. The molecule has 0 unspecified atom stereocenters. The normalized spacial score (nSPS) is 12.3. The maximum atomic E-state index is 12.7. The monoisotopic (exact) mass is 371 g/mol. The van der Waals surface area contributed by atoms with E-state index < -0.39 is 0 Å². The molecule has 3 aromatic carbocycles. The Morgan fingerprint density at radius 3 is 2.79 bits per heavy atom. The highest BCUT2D eigenvalue weighted by Gasteiger charge is 2.17. The number of para-hydroxylation sites is 2. The van der Waals surface area contributed by atoms with Crippen LogP contribution < -0.4 is 14.8 Å². The standard InChI is InChI=1S/C22H17N3O3/c1-13-6-7-14(21-23-16-4-2-3-5-17(16)24-21)10-18(13)25-22(26)15-8-9-19-20(11-15)28-12-27-19/h2-11H,12H2,1H3,(H,23,24)(H,25,26). The summed E-state index contributed by atoms with van der Waals surface area (Å²) in [5.41, 5.74) is 5.00. The Balaban J connectivity index is 1.45. The number of imidazole rings is 1. The summed E-state index contributed by atoms with van der Waals surface area (Å²) in [5, 5.41) is 2.98. The van der Waals surface area contributed by atoms with Gasteiger partial charge in [-0.3, -0.25) is 4.79 Å². The third-order valence-corrected chi connectivity index (χ3v) is 4.78. The average Bonchev–Trinajstić information content (AvgIpc) is 3.35. The molecule has 6 heteroatoms. The first-order valence-electron chi connectivity index (χ1n) is 8.94. The van der Waals surface area contributed by atoms with Gasteiger partial charge in [-0.1, -0.05) is 24.3 Å². The molecule has 28 heavy (non-hydrogen) atoms. The quantitative estimate of drug-likeness (QED) is 0.555. The Morgan fingerprint density at radius 1 is 1.04 bits per heavy atom. The van der Waals surface area contributed by atoms with E-state index in [4.69, 9.17) is 9.47 Å². The van der Waals surface area contributed by atoms with Gasteiger partial charge in [-0.25, -0.2) is 4.98 Å². The van der Waals surface area contributed by atoms with Crippen molar-refractivity contribution in [1.82, 2.24) is 9.97 Å². The lowest BCUT2D eigenvalue weighted by atomic mass is 10.1. The summed E-state index contributed by atoms with van der Waals surface area (Å²) in [6.45, 7) is 2.14. The highest BCUT2D eigenvalue weighted by molar-refractivity contribution is 6.05. The number of carbonyl (C=O) groups excluding carboxylic acids is 1. The van der Waals surface area contributed by atoms with Gasteiger partial charge in [0.1, 0.15) is 5.82 Å². The summed E-state index contributed by atoms with van der Waals surface area (Å²) < 4.78 is 10.7. The SMILES string of the molecule is Cc1ccc(-c2nc3ccccc3[nH]2)cc1NC(=O)c1ccc2c(c1)OCO2. The molecular weight excluding hydrogens is 354 g/mol. The Morgan fingerprint density at radius 2 is 1.89 bits per heavy atom. The molecule has 0 aliphatic carbocycles. The number of amides is 1. The highest BCUT2D eigenvalue weighted by atomic mass is 16.7. The fraction of sp³-hybridized carbons (Fsp3) is 0.0909. The minimum atomic E-state index is -0.205. The molecule has 0 saturated heterocycles. The van der Waals surface area contributed by atoms with E-state index in [1.165, 1.54) is 0 Å². The zero-order valence-electron chi connectivity index (χ0n) is 15.2. The van der Waals surface area contributed by atoms with Crippen LogP contribution in [-0.4, -0.2) is 22.7 Å². The van der Waals surface area contributed by atoms with Gasteiger partial charge < -0.3 is 19.8 Å². The van der Waals surface area contributed by atoms with Crippen molar-refractivity contribution in [1.29, 1.82) is 0 Å². The molecule has 1 amide bonds. The minimum Gasteiger partial charge on any atom is -0.454 e. The van der Waals surface area contributed by atoms with E-state index in [0.29, 0.717) is 17.1 Å². The molecule has 0 saturated carbocycles. The van der Waals surface area contributed by atoms with Crippen molar-refractivity contribution in [2.45, 2.75) is 6.92 Å². The number of anilines is 1. The van der Waals surface area contributed by atoms with Gasteiger partial charge in [-0.05, 0) is 48.9 Å². The van der Waals surface area contributed by atoms with Crippen LogP contribution in [0.4, 0.5) is 5.69 Å². The Kier molecular flexibility index (Phi) is 3.76. The van der Waals surface area contributed by atoms with Crippen LogP contribution in [0.1, 0.15) is 15.9 Å². The second-order valence-corrected chi connectivity index (χ2v) is 6.65. The van der Waals surface area contributed by atoms with E-state index in [2.05, 4.69) is 15.3 Å². The van der Waals surface area contributed by atoms with Crippen LogP contribution in [0.2, 0.25) is 0 Å². The fourth-order valence-electron chi connectivity index (χ4n) is 3.23. The van der Waals surface area contributed by atoms with Crippen molar-refractivity contribution in [3.05, 3.63) is 71.8 Å². The lowest BCUT2D eigenvalue weighted by Gasteiger charge is -2.10. The van der Waals surface area contributed by atoms with Crippen molar-refractivity contribution >= 4 is 22.6 Å². The van der Waals surface area contributed by atoms with Gasteiger partial charge in [0, 0.05) is 16.8 Å². The van der Waals surface area contributed by atoms with Crippen molar-refractivity contribution in [3.63, 3.8) is 0 Å². The first-order chi connectivity index (χ1) is 13.7. The molecule has 0 spiro atoms. The Labute approximate surface area is 161 Å². The number of benzene rings is 3. The number of carbonyl (C=O) groups is 1. The molecule has 4 aromatic rings. The van der Waals surface area contributed by atoms with E-state index in [1.807, 2.05) is 49.4 Å². The van der Waals surface area contributed by atoms with Gasteiger partial charge >= 0.3 is 0 Å². The number of aryl methyl sites for hydroxylation is 1. The minimum absolute atomic E-state index is 0.180. The molecule has 0 radical (unpaired) electrons. The maximum absolute atomic E-state index is 12.7. The summed E-state index contributed by atoms with van der Waals surface area (Å²) in [4.78, 5) is 20.7. The van der Waals surface area contributed by atoms with Gasteiger partial charge in [0.15, 0.2) is 11.5 Å². The Bertz CT molecular complexity index is 1180. The van der Waals surface area contributed by atoms with Gasteiger partial charge in [-0.2, -0.15) is 0 Å². The number of rotatable bonds is 3. The zero-order valence-corrected chi connectivity index (χ0v) is 15.2. The van der Waals surface area contributed by atoms with Crippen LogP contribution in [0.5, 0.6) is 11.5 Å². The van der Waals surface area contributed by atoms with Gasteiger partial charge in [0.05, 0.1) is 11.0 Å². The lowest BCUT2D eigenvalue weighted by molar-refractivity contribution is 0.102. The molecule has 138 valence electrons. The summed E-state index contributed by atoms with van der Waals surface area (Å²) in [5.74, 6) is 1.79. The molecule has 0 atom stereocenters. The predicted molar refractivity (Wildman–Crippen MR) is 107 cm³/mol. The van der Waals surface area contributed by atoms with E-state index in [0.717, 1.165) is 33.7 Å². The molecule has 2 N–H and O–H groups in total. The van der Waals surface area contributed by atoms with Crippen molar-refractivity contribution in [2.24, 2.45) is 0 Å². The highest BCUT2D eigenvalue weighted by Crippen LogP contribution is 2.33. The number of hydrogen-bond donors (Lipinski definition) is 2. The topological polar surface area (TPSA) is 76.2 Å². The fourth-order valence-corrected chi connectivity index (χ4v) is 3.23. The van der Waals surface area contributed by atoms with Crippen LogP contribution in [0.15, 0.2) is 60.7 Å². The number of nitrogens with one attached hydrogen (secondary N) is 2. The predicted octanol–water partition coefficient (Wildman–Crippen LogP) is 4.52. The largest absolute Gasteiger partial charge is 0.454 e. The smallest absolute Gasteiger partial charge is 0.255 e. The van der Waals surface area contributed by atoms with Gasteiger partial charge in [0.25, 0.3) is 5.91 Å². The van der Waals surface area contributed by atoms with E-state index in [1.54, 1.807) is 18.2 Å². The van der Waals surface area contributed by atoms with Crippen molar-refractivity contribution in [3.8, 4) is 22.9 Å². The van der Waals surface area contributed by atoms with E-state index in [9.17, 15) is 4.79 Å². The maximum Gasteiger partial charge on any atom is 0.255 e. The summed E-state index contributed by atoms with van der Waals surface area (Å²) in [6.07, 6.45) is 0. The molecule has 0 fully saturated rings. The van der Waals surface area contributed by atoms with Crippen LogP contribution in [0.3, 0.4) is 0 Å². The lowest BCUT2D eigenvalue weighted by Crippen LogP contribution is -2.12. The van der Waals surface area contributed by atoms with Gasteiger partial charge in [0.2, 0.25) is 6.79 Å². The van der Waals surface area contributed by atoms with E-state index in [-0.39, 0.29) is 12.7 Å². The first-order valence-corrected chi connectivity index (χ1v) is 8.94. The summed E-state index contributed by atoms with van der Waals surface area (Å²) in [6, 6.07) is 18.9. The molecule has 6 nitrogen and oxygen atoms in total. The molecule has 1 aliphatic heterocycles. The number of fused-ring (bicyclic) bond motifs is 2. The molecular formula is C22H17N3O3. The van der Waals surface area contributed by atoms with Crippen LogP contribution in [0, 0.1) is 6.92 Å². The number of aromatic amines is 1. The van der Waals surface area contributed by atoms with E-state index >= 15 is 0 Å². The third-order valence-electron chi connectivity index (χ3n) is 4.78. The van der Waals surface area contributed by atoms with Crippen LogP contribution in [0.25, 0.3) is 22.4 Å². The summed E-state index contributed by atoms with van der Waals surface area (Å²) >= 11 is 0. The number of H-pyrrole nitrogens is 1. The van der Waals surface area contributed by atoms with Crippen LogP contribution in [-0.2, 0) is 0 Å². The van der Waals surface area contributed by atoms with Crippen molar-refractivity contribution in [2.75, 3.05) is 12.1 Å². The Hall–Kier alpha value is -3.80. The molecule has 1 aliphatic rings. The molecule has 5 rings (SSSR count). The number of aromatic nitrogens is 2. The van der Waals surface area contributed by atoms with Crippen molar-refractivity contribution < 1.29 is 14.3 Å². The number of ether oxygens (including phenoxy) is 2. The second-order valence-electron chi connectivity index (χ2n) is 6.65. The summed E-state index contributed by atoms with van der Waals surface area (Å²) in [7, 11) is 0. The zero-order chi connectivity index (χ0) is 19.1. The molecule has 0 bridgehead atoms. The number of hydrogen-bond acceptors (Lipinski definition) is 4. The average molecular weight is 371 g/mol. The second kappa shape index (κ2) is 6.42. The molecule has 2 heterocycles. The number of nitrogens with zero attached hydrogens (tertiary/aromatic N) is 1. The van der Waals surface area contributed by atoms with Gasteiger partial charge in [-0.15, -0.1) is 0 Å². The third kappa shape index (κ3) is 2.85.